The standard InChI is InChI=1S/C19H23FN2O.2ClH/c1-21(2)10-11-22-12-13-23-18-9-8-16(20)14-17(18)19(22)15-6-4-3-5-7-15;;/h3-9,14,19H,10-13H2,1-2H3;2*1H. The highest BCUT2D eigenvalue weighted by Gasteiger charge is 2.28. The van der Waals surface area contributed by atoms with Crippen molar-refractivity contribution >= 4 is 24.8 Å². The summed E-state index contributed by atoms with van der Waals surface area (Å²) >= 11 is 0. The monoisotopic (exact) mass is 386 g/mol. The van der Waals surface area contributed by atoms with Gasteiger partial charge in [0, 0.05) is 25.2 Å². The van der Waals surface area contributed by atoms with Crippen molar-refractivity contribution in [2.45, 2.75) is 6.04 Å². The number of ether oxygens (including phenoxy) is 1. The predicted molar refractivity (Wildman–Crippen MR) is 105 cm³/mol. The summed E-state index contributed by atoms with van der Waals surface area (Å²) in [5.74, 6) is 0.565. The molecule has 3 nitrogen and oxygen atoms in total. The van der Waals surface area contributed by atoms with Gasteiger partial charge in [0.15, 0.2) is 0 Å². The van der Waals surface area contributed by atoms with Crippen LogP contribution in [0.15, 0.2) is 48.5 Å². The average molecular weight is 387 g/mol. The molecule has 1 atom stereocenters. The summed E-state index contributed by atoms with van der Waals surface area (Å²) in [4.78, 5) is 4.54. The molecule has 0 fully saturated rings. The zero-order chi connectivity index (χ0) is 16.2. The first-order valence-electron chi connectivity index (χ1n) is 8.01. The molecule has 2 aromatic carbocycles. The van der Waals surface area contributed by atoms with Gasteiger partial charge in [0.1, 0.15) is 18.2 Å². The van der Waals surface area contributed by atoms with Gasteiger partial charge in [-0.2, -0.15) is 0 Å². The third-order valence-corrected chi connectivity index (χ3v) is 4.22. The largest absolute Gasteiger partial charge is 0.492 e. The van der Waals surface area contributed by atoms with Crippen molar-refractivity contribution in [3.63, 3.8) is 0 Å². The number of benzene rings is 2. The van der Waals surface area contributed by atoms with E-state index >= 15 is 0 Å². The van der Waals surface area contributed by atoms with Crippen molar-refractivity contribution < 1.29 is 9.13 Å². The fourth-order valence-corrected chi connectivity index (χ4v) is 3.06. The molecule has 0 bridgehead atoms. The van der Waals surface area contributed by atoms with Crippen LogP contribution in [-0.4, -0.2) is 50.1 Å². The molecule has 2 aromatic rings. The molecule has 3 rings (SSSR count). The second-order valence-corrected chi connectivity index (χ2v) is 6.18. The quantitative estimate of drug-likeness (QED) is 0.789. The summed E-state index contributed by atoms with van der Waals surface area (Å²) in [6.07, 6.45) is 0. The highest BCUT2D eigenvalue weighted by atomic mass is 35.5. The normalized spacial score (nSPS) is 16.9. The minimum absolute atomic E-state index is 0. The molecule has 0 saturated heterocycles. The highest BCUT2D eigenvalue weighted by Crippen LogP contribution is 2.36. The summed E-state index contributed by atoms with van der Waals surface area (Å²) in [6, 6.07) is 15.1. The van der Waals surface area contributed by atoms with Gasteiger partial charge in [0.25, 0.3) is 0 Å². The van der Waals surface area contributed by atoms with Crippen molar-refractivity contribution in [2.24, 2.45) is 0 Å². The lowest BCUT2D eigenvalue weighted by atomic mass is 9.96. The number of halogens is 3. The maximum Gasteiger partial charge on any atom is 0.124 e. The van der Waals surface area contributed by atoms with Crippen LogP contribution in [0, 0.1) is 5.82 Å². The number of fused-ring (bicyclic) bond motifs is 1. The summed E-state index contributed by atoms with van der Waals surface area (Å²) < 4.78 is 19.7. The molecule has 0 aliphatic carbocycles. The lowest BCUT2D eigenvalue weighted by molar-refractivity contribution is 0.185. The Hall–Kier alpha value is -1.33. The number of rotatable bonds is 4. The van der Waals surface area contributed by atoms with Gasteiger partial charge in [-0.25, -0.2) is 4.39 Å². The van der Waals surface area contributed by atoms with E-state index in [9.17, 15) is 4.39 Å². The van der Waals surface area contributed by atoms with Crippen molar-refractivity contribution in [1.82, 2.24) is 9.80 Å². The molecule has 25 heavy (non-hydrogen) atoms. The second kappa shape index (κ2) is 9.97. The fraction of sp³-hybridized carbons (Fsp3) is 0.368. The molecule has 1 aliphatic rings. The zero-order valence-corrected chi connectivity index (χ0v) is 16.2. The molecule has 138 valence electrons. The molecule has 0 saturated carbocycles. The molecular formula is C19H25Cl2FN2O. The van der Waals surface area contributed by atoms with Crippen LogP contribution >= 0.6 is 24.8 Å². The third kappa shape index (κ3) is 5.32. The topological polar surface area (TPSA) is 15.7 Å². The van der Waals surface area contributed by atoms with Crippen LogP contribution < -0.4 is 4.74 Å². The van der Waals surface area contributed by atoms with Crippen LogP contribution in [0.1, 0.15) is 17.2 Å². The second-order valence-electron chi connectivity index (χ2n) is 6.18. The van der Waals surface area contributed by atoms with Gasteiger partial charge in [-0.3, -0.25) is 4.90 Å². The predicted octanol–water partition coefficient (Wildman–Crippen LogP) is 4.01. The zero-order valence-electron chi connectivity index (χ0n) is 14.5. The molecule has 0 spiro atoms. The summed E-state index contributed by atoms with van der Waals surface area (Å²) in [5, 5.41) is 0. The van der Waals surface area contributed by atoms with E-state index in [-0.39, 0.29) is 36.7 Å². The SMILES string of the molecule is CN(C)CCN1CCOc2ccc(F)cc2C1c1ccccc1.Cl.Cl. The van der Waals surface area contributed by atoms with Crippen molar-refractivity contribution in [3.8, 4) is 5.75 Å². The number of likely N-dealkylation sites (N-methyl/N-ethyl adjacent to an activating group) is 1. The molecule has 0 amide bonds. The van der Waals surface area contributed by atoms with E-state index in [1.807, 2.05) is 18.2 Å². The van der Waals surface area contributed by atoms with E-state index in [0.717, 1.165) is 30.9 Å². The van der Waals surface area contributed by atoms with E-state index in [1.54, 1.807) is 12.1 Å². The van der Waals surface area contributed by atoms with Crippen LogP contribution in [0.3, 0.4) is 0 Å². The van der Waals surface area contributed by atoms with Gasteiger partial charge in [0.05, 0.1) is 6.04 Å². The first-order chi connectivity index (χ1) is 11.1. The van der Waals surface area contributed by atoms with Gasteiger partial charge >= 0.3 is 0 Å². The van der Waals surface area contributed by atoms with E-state index in [1.165, 1.54) is 11.6 Å². The molecule has 0 radical (unpaired) electrons. The Bertz CT molecular complexity index is 655. The molecular weight excluding hydrogens is 362 g/mol. The molecule has 1 heterocycles. The molecule has 0 N–H and O–H groups in total. The number of hydrogen-bond donors (Lipinski definition) is 0. The van der Waals surface area contributed by atoms with Gasteiger partial charge in [-0.15, -0.1) is 24.8 Å². The van der Waals surface area contributed by atoms with Gasteiger partial charge in [-0.05, 0) is 37.9 Å². The van der Waals surface area contributed by atoms with Gasteiger partial charge in [0.2, 0.25) is 0 Å². The fourth-order valence-electron chi connectivity index (χ4n) is 3.06. The summed E-state index contributed by atoms with van der Waals surface area (Å²) in [6.45, 7) is 3.30. The Morgan fingerprint density at radius 2 is 1.84 bits per heavy atom. The Morgan fingerprint density at radius 3 is 2.52 bits per heavy atom. The van der Waals surface area contributed by atoms with E-state index < -0.39 is 0 Å². The summed E-state index contributed by atoms with van der Waals surface area (Å²) in [7, 11) is 4.14. The third-order valence-electron chi connectivity index (χ3n) is 4.22. The molecule has 6 heteroatoms. The molecule has 1 aliphatic heterocycles. The smallest absolute Gasteiger partial charge is 0.124 e. The van der Waals surface area contributed by atoms with Gasteiger partial charge < -0.3 is 9.64 Å². The maximum absolute atomic E-state index is 13.9. The van der Waals surface area contributed by atoms with Crippen LogP contribution in [0.2, 0.25) is 0 Å². The minimum Gasteiger partial charge on any atom is -0.492 e. The Morgan fingerprint density at radius 1 is 1.12 bits per heavy atom. The van der Waals surface area contributed by atoms with Crippen LogP contribution in [0.5, 0.6) is 5.75 Å². The maximum atomic E-state index is 13.9. The first-order valence-corrected chi connectivity index (χ1v) is 8.01. The average Bonchev–Trinajstić information content (AvgIpc) is 2.72. The number of hydrogen-bond acceptors (Lipinski definition) is 3. The lowest BCUT2D eigenvalue weighted by Crippen LogP contribution is -2.36. The van der Waals surface area contributed by atoms with E-state index in [2.05, 4.69) is 36.0 Å². The Balaban J connectivity index is 0.00000156. The minimum atomic E-state index is -0.220. The highest BCUT2D eigenvalue weighted by molar-refractivity contribution is 5.85. The van der Waals surface area contributed by atoms with E-state index in [0.29, 0.717) is 6.61 Å². The van der Waals surface area contributed by atoms with Crippen LogP contribution in [0.25, 0.3) is 0 Å². The Labute approximate surface area is 161 Å². The first kappa shape index (κ1) is 21.7. The summed E-state index contributed by atoms with van der Waals surface area (Å²) in [5.41, 5.74) is 2.08. The van der Waals surface area contributed by atoms with Crippen molar-refractivity contribution in [3.05, 3.63) is 65.5 Å². The Kier molecular flexibility index (Phi) is 8.66. The lowest BCUT2D eigenvalue weighted by Gasteiger charge is -2.31. The van der Waals surface area contributed by atoms with Crippen molar-refractivity contribution in [1.29, 1.82) is 0 Å². The van der Waals surface area contributed by atoms with E-state index in [4.69, 9.17) is 4.74 Å². The van der Waals surface area contributed by atoms with Crippen LogP contribution in [0.4, 0.5) is 4.39 Å². The molecule has 0 aromatic heterocycles. The number of nitrogens with zero attached hydrogens (tertiary/aromatic N) is 2. The van der Waals surface area contributed by atoms with Crippen LogP contribution in [-0.2, 0) is 0 Å². The van der Waals surface area contributed by atoms with Gasteiger partial charge in [-0.1, -0.05) is 30.3 Å². The van der Waals surface area contributed by atoms with Crippen molar-refractivity contribution in [2.75, 3.05) is 40.3 Å². The molecule has 1 unspecified atom stereocenters.